The van der Waals surface area contributed by atoms with E-state index in [1.807, 2.05) is 20.8 Å². The summed E-state index contributed by atoms with van der Waals surface area (Å²) in [6.45, 7) is 4.56. The van der Waals surface area contributed by atoms with Crippen LogP contribution in [0.4, 0.5) is 22.0 Å². The van der Waals surface area contributed by atoms with Crippen LogP contribution in [-0.4, -0.2) is 18.0 Å². The van der Waals surface area contributed by atoms with Gasteiger partial charge < -0.3 is 9.47 Å². The number of hydrogen-bond donors (Lipinski definition) is 0. The number of benzene rings is 1. The third kappa shape index (κ3) is 6.18. The Morgan fingerprint density at radius 3 is 1.81 bits per heavy atom. The molecule has 4 nitrogen and oxygen atoms in total. The summed E-state index contributed by atoms with van der Waals surface area (Å²) >= 11 is 0. The highest BCUT2D eigenvalue weighted by atomic mass is 19.2. The van der Waals surface area contributed by atoms with Crippen LogP contribution in [0.15, 0.2) is 0 Å². The van der Waals surface area contributed by atoms with Crippen molar-refractivity contribution in [3.63, 3.8) is 0 Å². The predicted octanol–water partition coefficient (Wildman–Crippen LogP) is 4.57. The summed E-state index contributed by atoms with van der Waals surface area (Å²) < 4.78 is 75.7. The molecule has 0 heterocycles. The lowest BCUT2D eigenvalue weighted by Gasteiger charge is -2.19. The molecular formula is C18H21F5O4. The number of rotatable bonds is 9. The van der Waals surface area contributed by atoms with Gasteiger partial charge in [0.15, 0.2) is 23.3 Å². The Kier molecular flexibility index (Phi) is 8.65. The lowest BCUT2D eigenvalue weighted by molar-refractivity contribution is -0.152. The van der Waals surface area contributed by atoms with Crippen molar-refractivity contribution in [2.45, 2.75) is 59.2 Å². The highest BCUT2D eigenvalue weighted by Crippen LogP contribution is 2.23. The van der Waals surface area contributed by atoms with Gasteiger partial charge in [-0.3, -0.25) is 9.59 Å². The Balaban J connectivity index is 2.50. The van der Waals surface area contributed by atoms with Crippen LogP contribution in [0.1, 0.15) is 52.0 Å². The minimum atomic E-state index is -2.29. The Labute approximate surface area is 153 Å². The first kappa shape index (κ1) is 22.9. The van der Waals surface area contributed by atoms with E-state index in [0.29, 0.717) is 6.42 Å². The normalized spacial score (nSPS) is 12.2. The summed E-state index contributed by atoms with van der Waals surface area (Å²) in [6.07, 6.45) is 0.124. The largest absolute Gasteiger partial charge is 0.462 e. The van der Waals surface area contributed by atoms with Gasteiger partial charge in [0.05, 0.1) is 5.56 Å². The molecule has 0 saturated carbocycles. The fourth-order valence-corrected chi connectivity index (χ4v) is 2.30. The Hall–Kier alpha value is -2.19. The predicted molar refractivity (Wildman–Crippen MR) is 84.9 cm³/mol. The van der Waals surface area contributed by atoms with Crippen LogP contribution in [0.5, 0.6) is 0 Å². The highest BCUT2D eigenvalue weighted by molar-refractivity contribution is 5.72. The molecule has 0 spiro atoms. The van der Waals surface area contributed by atoms with E-state index in [0.717, 1.165) is 0 Å². The van der Waals surface area contributed by atoms with Crippen molar-refractivity contribution in [2.75, 3.05) is 0 Å². The van der Waals surface area contributed by atoms with Crippen LogP contribution in [0.3, 0.4) is 0 Å². The van der Waals surface area contributed by atoms with Gasteiger partial charge in [-0.2, -0.15) is 0 Å². The van der Waals surface area contributed by atoms with E-state index in [2.05, 4.69) is 4.74 Å². The number of hydrogen-bond acceptors (Lipinski definition) is 4. The van der Waals surface area contributed by atoms with E-state index < -0.39 is 53.2 Å². The lowest BCUT2D eigenvalue weighted by atomic mass is 10.1. The average molecular weight is 396 g/mol. The summed E-state index contributed by atoms with van der Waals surface area (Å²) in [4.78, 5) is 23.2. The molecule has 0 radical (unpaired) electrons. The summed E-state index contributed by atoms with van der Waals surface area (Å²) in [5.74, 6) is -11.9. The van der Waals surface area contributed by atoms with Crippen molar-refractivity contribution < 1.29 is 41.0 Å². The SMILES string of the molecule is CCC(OC(=O)CCCC(=O)OCc1c(F)c(F)c(F)c(F)c1F)C(C)C. The first-order valence-corrected chi connectivity index (χ1v) is 8.45. The summed E-state index contributed by atoms with van der Waals surface area (Å²) in [5, 5.41) is 0. The smallest absolute Gasteiger partial charge is 0.306 e. The second kappa shape index (κ2) is 10.2. The zero-order valence-corrected chi connectivity index (χ0v) is 15.2. The molecule has 1 aromatic rings. The molecular weight excluding hydrogens is 375 g/mol. The second-order valence-electron chi connectivity index (χ2n) is 6.24. The minimum Gasteiger partial charge on any atom is -0.462 e. The van der Waals surface area contributed by atoms with Gasteiger partial charge in [-0.1, -0.05) is 20.8 Å². The van der Waals surface area contributed by atoms with E-state index >= 15 is 0 Å². The zero-order valence-electron chi connectivity index (χ0n) is 15.2. The standard InChI is InChI=1S/C18H21F5O4/c1-4-11(9(2)3)27-13(25)7-5-6-12(24)26-8-10-14(19)16(21)18(23)17(22)15(10)20/h9,11H,4-8H2,1-3H3. The van der Waals surface area contributed by atoms with Gasteiger partial charge in [0.2, 0.25) is 5.82 Å². The first-order valence-electron chi connectivity index (χ1n) is 8.45. The molecule has 1 aromatic carbocycles. The van der Waals surface area contributed by atoms with Gasteiger partial charge in [0, 0.05) is 12.8 Å². The monoisotopic (exact) mass is 396 g/mol. The number of carbonyl (C=O) groups excluding carboxylic acids is 2. The lowest BCUT2D eigenvalue weighted by Crippen LogP contribution is -2.22. The molecule has 1 rings (SSSR count). The molecule has 0 amide bonds. The molecule has 0 aromatic heterocycles. The van der Waals surface area contributed by atoms with Crippen LogP contribution < -0.4 is 0 Å². The van der Waals surface area contributed by atoms with Crippen molar-refractivity contribution in [3.8, 4) is 0 Å². The molecule has 27 heavy (non-hydrogen) atoms. The molecule has 0 aliphatic carbocycles. The van der Waals surface area contributed by atoms with Crippen molar-refractivity contribution in [1.82, 2.24) is 0 Å². The van der Waals surface area contributed by atoms with Crippen molar-refractivity contribution in [3.05, 3.63) is 34.6 Å². The molecule has 0 aliphatic rings. The molecule has 1 unspecified atom stereocenters. The maximum Gasteiger partial charge on any atom is 0.306 e. The van der Waals surface area contributed by atoms with E-state index in [1.165, 1.54) is 0 Å². The van der Waals surface area contributed by atoms with Gasteiger partial charge in [0.25, 0.3) is 0 Å². The Morgan fingerprint density at radius 1 is 0.852 bits per heavy atom. The first-order chi connectivity index (χ1) is 12.6. The summed E-state index contributed by atoms with van der Waals surface area (Å²) in [7, 11) is 0. The van der Waals surface area contributed by atoms with Crippen LogP contribution in [0.25, 0.3) is 0 Å². The molecule has 0 saturated heterocycles. The van der Waals surface area contributed by atoms with Crippen LogP contribution in [0.2, 0.25) is 0 Å². The average Bonchev–Trinajstić information content (AvgIpc) is 2.62. The minimum absolute atomic E-state index is 0.0588. The van der Waals surface area contributed by atoms with E-state index in [1.54, 1.807) is 0 Å². The molecule has 0 fully saturated rings. The Bertz CT molecular complexity index is 662. The number of esters is 2. The molecule has 0 aliphatic heterocycles. The topological polar surface area (TPSA) is 52.6 Å². The molecule has 0 bridgehead atoms. The second-order valence-corrected chi connectivity index (χ2v) is 6.24. The third-order valence-electron chi connectivity index (χ3n) is 3.87. The zero-order chi connectivity index (χ0) is 20.7. The van der Waals surface area contributed by atoms with Gasteiger partial charge in [-0.05, 0) is 18.8 Å². The van der Waals surface area contributed by atoms with Crippen LogP contribution in [0, 0.1) is 35.0 Å². The van der Waals surface area contributed by atoms with Crippen molar-refractivity contribution in [1.29, 1.82) is 0 Å². The fourth-order valence-electron chi connectivity index (χ4n) is 2.30. The molecule has 152 valence electrons. The maximum atomic E-state index is 13.5. The van der Waals surface area contributed by atoms with Gasteiger partial charge in [0.1, 0.15) is 12.7 Å². The van der Waals surface area contributed by atoms with E-state index in [4.69, 9.17) is 4.74 Å². The summed E-state index contributed by atoms with van der Waals surface area (Å²) in [5.41, 5.74) is -1.23. The van der Waals surface area contributed by atoms with E-state index in [9.17, 15) is 31.5 Å². The number of halogens is 5. The quantitative estimate of drug-likeness (QED) is 0.266. The maximum absolute atomic E-state index is 13.5. The molecule has 0 N–H and O–H groups in total. The molecule has 1 atom stereocenters. The summed E-state index contributed by atoms with van der Waals surface area (Å²) in [6, 6.07) is 0. The third-order valence-corrected chi connectivity index (χ3v) is 3.87. The van der Waals surface area contributed by atoms with Gasteiger partial charge in [-0.25, -0.2) is 22.0 Å². The van der Waals surface area contributed by atoms with Crippen LogP contribution in [-0.2, 0) is 25.7 Å². The molecule has 9 heteroatoms. The number of carbonyl (C=O) groups is 2. The van der Waals surface area contributed by atoms with Gasteiger partial charge in [-0.15, -0.1) is 0 Å². The van der Waals surface area contributed by atoms with Crippen molar-refractivity contribution >= 4 is 11.9 Å². The Morgan fingerprint density at radius 2 is 1.33 bits per heavy atom. The van der Waals surface area contributed by atoms with E-state index in [-0.39, 0.29) is 31.3 Å². The fraction of sp³-hybridized carbons (Fsp3) is 0.556. The number of ether oxygens (including phenoxy) is 2. The highest BCUT2D eigenvalue weighted by Gasteiger charge is 2.26. The van der Waals surface area contributed by atoms with Gasteiger partial charge >= 0.3 is 11.9 Å². The van der Waals surface area contributed by atoms with Crippen LogP contribution >= 0.6 is 0 Å². The van der Waals surface area contributed by atoms with Crippen molar-refractivity contribution in [2.24, 2.45) is 5.92 Å².